The third-order valence-corrected chi connectivity index (χ3v) is 5.26. The molecule has 4 rings (SSSR count). The second-order valence-corrected chi connectivity index (χ2v) is 7.10. The highest BCUT2D eigenvalue weighted by molar-refractivity contribution is 5.84. The minimum Gasteiger partial charge on any atom is -0.493 e. The van der Waals surface area contributed by atoms with Crippen LogP contribution in [0.2, 0.25) is 0 Å². The molecule has 1 saturated heterocycles. The summed E-state index contributed by atoms with van der Waals surface area (Å²) < 4.78 is 18.7. The first-order valence-corrected chi connectivity index (χ1v) is 9.06. The van der Waals surface area contributed by atoms with Crippen LogP contribution in [0.3, 0.4) is 0 Å². The fourth-order valence-electron chi connectivity index (χ4n) is 3.91. The summed E-state index contributed by atoms with van der Waals surface area (Å²) in [5, 5.41) is 2.99. The maximum absolute atomic E-state index is 13.2. The van der Waals surface area contributed by atoms with Crippen molar-refractivity contribution in [3.63, 3.8) is 0 Å². The summed E-state index contributed by atoms with van der Waals surface area (Å²) in [6.45, 7) is 0.681. The van der Waals surface area contributed by atoms with Gasteiger partial charge in [-0.2, -0.15) is 0 Å². The summed E-state index contributed by atoms with van der Waals surface area (Å²) in [5.74, 6) is 0.392. The van der Waals surface area contributed by atoms with E-state index in [2.05, 4.69) is 5.32 Å². The number of likely N-dealkylation sites (N-methyl/N-ethyl adjacent to an activating group) is 1. The van der Waals surface area contributed by atoms with Gasteiger partial charge in [-0.3, -0.25) is 9.59 Å². The van der Waals surface area contributed by atoms with E-state index in [1.54, 1.807) is 24.1 Å². The number of amides is 2. The molecule has 2 heterocycles. The molecule has 0 spiro atoms. The first-order chi connectivity index (χ1) is 13.0. The molecule has 5 nitrogen and oxygen atoms in total. The molecule has 6 heteroatoms. The van der Waals surface area contributed by atoms with Gasteiger partial charge >= 0.3 is 0 Å². The molecule has 2 aliphatic heterocycles. The van der Waals surface area contributed by atoms with Gasteiger partial charge in [0.05, 0.1) is 25.1 Å². The van der Waals surface area contributed by atoms with Gasteiger partial charge in [-0.1, -0.05) is 24.3 Å². The Kier molecular flexibility index (Phi) is 4.56. The predicted octanol–water partition coefficient (Wildman–Crippen LogP) is 2.39. The SMILES string of the molecule is CN1C(=O)CC(NC(=O)Cc2ccc3c(c2)CCO3)C1c1ccc(F)cc1. The Morgan fingerprint density at radius 2 is 2.04 bits per heavy atom. The molecule has 2 aromatic carbocycles. The lowest BCUT2D eigenvalue weighted by atomic mass is 9.99. The zero-order chi connectivity index (χ0) is 19.0. The van der Waals surface area contributed by atoms with E-state index in [0.717, 1.165) is 28.9 Å². The topological polar surface area (TPSA) is 58.6 Å². The second kappa shape index (κ2) is 7.02. The summed E-state index contributed by atoms with van der Waals surface area (Å²) in [7, 11) is 1.71. The average Bonchev–Trinajstić information content (AvgIpc) is 3.20. The summed E-state index contributed by atoms with van der Waals surface area (Å²) in [4.78, 5) is 26.4. The quantitative estimate of drug-likeness (QED) is 0.902. The van der Waals surface area contributed by atoms with E-state index < -0.39 is 0 Å². The number of ether oxygens (including phenoxy) is 1. The molecule has 2 unspecified atom stereocenters. The van der Waals surface area contributed by atoms with Crippen LogP contribution in [-0.4, -0.2) is 36.4 Å². The molecule has 0 bridgehead atoms. The van der Waals surface area contributed by atoms with Crippen LogP contribution in [0, 0.1) is 5.82 Å². The lowest BCUT2D eigenvalue weighted by molar-refractivity contribution is -0.127. The molecule has 0 saturated carbocycles. The van der Waals surface area contributed by atoms with Gasteiger partial charge in [0.15, 0.2) is 0 Å². The van der Waals surface area contributed by atoms with Crippen LogP contribution in [0.4, 0.5) is 4.39 Å². The van der Waals surface area contributed by atoms with Gasteiger partial charge in [0.1, 0.15) is 11.6 Å². The van der Waals surface area contributed by atoms with E-state index in [1.807, 2.05) is 18.2 Å². The van der Waals surface area contributed by atoms with Crippen LogP contribution in [-0.2, 0) is 22.4 Å². The zero-order valence-corrected chi connectivity index (χ0v) is 15.1. The number of carbonyl (C=O) groups is 2. The molecular formula is C21H21FN2O3. The van der Waals surface area contributed by atoms with E-state index in [9.17, 15) is 14.0 Å². The van der Waals surface area contributed by atoms with Crippen molar-refractivity contribution in [2.24, 2.45) is 0 Å². The number of hydrogen-bond donors (Lipinski definition) is 1. The first kappa shape index (κ1) is 17.5. The van der Waals surface area contributed by atoms with Gasteiger partial charge in [-0.25, -0.2) is 4.39 Å². The van der Waals surface area contributed by atoms with Gasteiger partial charge in [-0.15, -0.1) is 0 Å². The highest BCUT2D eigenvalue weighted by atomic mass is 19.1. The van der Waals surface area contributed by atoms with Crippen LogP contribution < -0.4 is 10.1 Å². The van der Waals surface area contributed by atoms with E-state index in [-0.39, 0.29) is 42.6 Å². The Balaban J connectivity index is 1.47. The molecule has 2 aromatic rings. The van der Waals surface area contributed by atoms with Crippen molar-refractivity contribution in [2.45, 2.75) is 31.3 Å². The maximum atomic E-state index is 13.2. The van der Waals surface area contributed by atoms with Crippen molar-refractivity contribution in [2.75, 3.05) is 13.7 Å². The fourth-order valence-corrected chi connectivity index (χ4v) is 3.91. The highest BCUT2D eigenvalue weighted by Gasteiger charge is 2.39. The number of halogens is 1. The van der Waals surface area contributed by atoms with Crippen LogP contribution in [0.5, 0.6) is 5.75 Å². The Bertz CT molecular complexity index is 881. The van der Waals surface area contributed by atoms with E-state index in [1.165, 1.54) is 12.1 Å². The van der Waals surface area contributed by atoms with E-state index >= 15 is 0 Å². The van der Waals surface area contributed by atoms with Gasteiger partial charge in [0.2, 0.25) is 11.8 Å². The molecule has 1 fully saturated rings. The number of hydrogen-bond acceptors (Lipinski definition) is 3. The minimum absolute atomic E-state index is 0.0377. The zero-order valence-electron chi connectivity index (χ0n) is 15.1. The number of rotatable bonds is 4. The van der Waals surface area contributed by atoms with Crippen LogP contribution in [0.15, 0.2) is 42.5 Å². The van der Waals surface area contributed by atoms with Crippen molar-refractivity contribution < 1.29 is 18.7 Å². The number of nitrogens with one attached hydrogen (secondary N) is 1. The molecule has 140 valence electrons. The molecule has 27 heavy (non-hydrogen) atoms. The predicted molar refractivity (Wildman–Crippen MR) is 97.8 cm³/mol. The normalized spacial score (nSPS) is 21.1. The fraction of sp³-hybridized carbons (Fsp3) is 0.333. The summed E-state index contributed by atoms with van der Waals surface area (Å²) in [6, 6.07) is 11.2. The van der Waals surface area contributed by atoms with Gasteiger partial charge in [0.25, 0.3) is 0 Å². The summed E-state index contributed by atoms with van der Waals surface area (Å²) in [6.07, 6.45) is 1.35. The molecule has 1 N–H and O–H groups in total. The second-order valence-electron chi connectivity index (χ2n) is 7.10. The molecule has 0 radical (unpaired) electrons. The Morgan fingerprint density at radius 1 is 1.26 bits per heavy atom. The Labute approximate surface area is 157 Å². The van der Waals surface area contributed by atoms with Crippen LogP contribution in [0.1, 0.15) is 29.2 Å². The average molecular weight is 368 g/mol. The summed E-state index contributed by atoms with van der Waals surface area (Å²) in [5.41, 5.74) is 2.86. The van der Waals surface area contributed by atoms with Crippen molar-refractivity contribution in [1.29, 1.82) is 0 Å². The molecule has 0 aromatic heterocycles. The molecular weight excluding hydrogens is 347 g/mol. The summed E-state index contributed by atoms with van der Waals surface area (Å²) >= 11 is 0. The van der Waals surface area contributed by atoms with E-state index in [0.29, 0.717) is 6.61 Å². The Morgan fingerprint density at radius 3 is 2.81 bits per heavy atom. The van der Waals surface area contributed by atoms with Crippen molar-refractivity contribution in [3.8, 4) is 5.75 Å². The third kappa shape index (κ3) is 3.52. The smallest absolute Gasteiger partial charge is 0.225 e. The van der Waals surface area contributed by atoms with Gasteiger partial charge < -0.3 is 15.0 Å². The number of carbonyl (C=O) groups excluding carboxylic acids is 2. The van der Waals surface area contributed by atoms with Crippen molar-refractivity contribution in [3.05, 3.63) is 65.0 Å². The number of nitrogens with zero attached hydrogens (tertiary/aromatic N) is 1. The molecule has 2 atom stereocenters. The first-order valence-electron chi connectivity index (χ1n) is 9.06. The number of benzene rings is 2. The third-order valence-electron chi connectivity index (χ3n) is 5.26. The highest BCUT2D eigenvalue weighted by Crippen LogP contribution is 2.32. The van der Waals surface area contributed by atoms with Crippen molar-refractivity contribution in [1.82, 2.24) is 10.2 Å². The van der Waals surface area contributed by atoms with Crippen LogP contribution in [0.25, 0.3) is 0 Å². The molecule has 0 aliphatic carbocycles. The van der Waals surface area contributed by atoms with Crippen LogP contribution >= 0.6 is 0 Å². The van der Waals surface area contributed by atoms with Gasteiger partial charge in [-0.05, 0) is 34.9 Å². The molecule has 2 amide bonds. The molecule has 2 aliphatic rings. The lowest BCUT2D eigenvalue weighted by Crippen LogP contribution is -2.39. The van der Waals surface area contributed by atoms with E-state index in [4.69, 9.17) is 4.74 Å². The Hall–Kier alpha value is -2.89. The number of fused-ring (bicyclic) bond motifs is 1. The maximum Gasteiger partial charge on any atom is 0.225 e. The minimum atomic E-state index is -0.335. The number of likely N-dealkylation sites (tertiary alicyclic amines) is 1. The largest absolute Gasteiger partial charge is 0.493 e. The van der Waals surface area contributed by atoms with Gasteiger partial charge in [0, 0.05) is 19.9 Å². The standard InChI is InChI=1S/C21H21FN2O3/c1-24-20(26)12-17(21(24)14-3-5-16(22)6-4-14)23-19(25)11-13-2-7-18-15(10-13)8-9-27-18/h2-7,10,17,21H,8-9,11-12H2,1H3,(H,23,25). The lowest BCUT2D eigenvalue weighted by Gasteiger charge is -2.26. The monoisotopic (exact) mass is 368 g/mol. The van der Waals surface area contributed by atoms with Crippen molar-refractivity contribution >= 4 is 11.8 Å².